The summed E-state index contributed by atoms with van der Waals surface area (Å²) in [5.74, 6) is 1.47. The van der Waals surface area contributed by atoms with Gasteiger partial charge in [0.25, 0.3) is 5.91 Å². The average Bonchev–Trinajstić information content (AvgIpc) is 3.47. The normalized spacial score (nSPS) is 18.5. The second-order valence-corrected chi connectivity index (χ2v) is 7.50. The molecule has 0 bridgehead atoms. The monoisotopic (exact) mass is 408 g/mol. The lowest BCUT2D eigenvalue weighted by molar-refractivity contribution is -0.131. The Kier molecular flexibility index (Phi) is 5.60. The van der Waals surface area contributed by atoms with Gasteiger partial charge in [0.2, 0.25) is 17.7 Å². The first-order chi connectivity index (χ1) is 14.5. The maximum absolute atomic E-state index is 12.9. The van der Waals surface area contributed by atoms with Crippen molar-refractivity contribution in [2.75, 3.05) is 19.6 Å². The molecule has 1 aromatic carbocycles. The molecular formula is C21H24N6O3. The summed E-state index contributed by atoms with van der Waals surface area (Å²) in [4.78, 5) is 31.3. The number of hydrogen-bond donors (Lipinski definition) is 1. The van der Waals surface area contributed by atoms with Gasteiger partial charge in [-0.3, -0.25) is 9.59 Å². The van der Waals surface area contributed by atoms with Gasteiger partial charge in [0.1, 0.15) is 12.4 Å². The van der Waals surface area contributed by atoms with Crippen LogP contribution in [0.15, 0.2) is 47.1 Å². The molecule has 2 aromatic heterocycles. The van der Waals surface area contributed by atoms with Crippen LogP contribution < -0.4 is 5.32 Å². The Bertz CT molecular complexity index is 1030. The van der Waals surface area contributed by atoms with Crippen LogP contribution in [0, 0.1) is 19.8 Å². The largest absolute Gasteiger partial charge is 0.425 e. The Hall–Kier alpha value is -3.49. The van der Waals surface area contributed by atoms with Gasteiger partial charge < -0.3 is 19.2 Å². The zero-order chi connectivity index (χ0) is 21.1. The second kappa shape index (κ2) is 8.48. The minimum absolute atomic E-state index is 0.00535. The van der Waals surface area contributed by atoms with Crippen LogP contribution in [0.3, 0.4) is 0 Å². The van der Waals surface area contributed by atoms with Crippen molar-refractivity contribution in [3.63, 3.8) is 0 Å². The first-order valence-electron chi connectivity index (χ1n) is 9.90. The Morgan fingerprint density at radius 1 is 1.17 bits per heavy atom. The Morgan fingerprint density at radius 2 is 1.97 bits per heavy atom. The van der Waals surface area contributed by atoms with E-state index in [1.165, 1.54) is 0 Å². The maximum atomic E-state index is 12.9. The number of likely N-dealkylation sites (tertiary alicyclic amines) is 1. The fourth-order valence-electron chi connectivity index (χ4n) is 3.76. The molecule has 1 N–H and O–H groups in total. The Balaban J connectivity index is 1.46. The lowest BCUT2D eigenvalue weighted by Crippen LogP contribution is -2.34. The summed E-state index contributed by atoms with van der Waals surface area (Å²) in [6, 6.07) is 9.06. The van der Waals surface area contributed by atoms with Crippen LogP contribution in [-0.2, 0) is 11.3 Å². The highest BCUT2D eigenvalue weighted by atomic mass is 16.4. The van der Waals surface area contributed by atoms with Crippen LogP contribution >= 0.6 is 0 Å². The van der Waals surface area contributed by atoms with Gasteiger partial charge in [-0.25, -0.2) is 4.98 Å². The van der Waals surface area contributed by atoms with Crippen molar-refractivity contribution in [2.24, 2.45) is 5.92 Å². The zero-order valence-corrected chi connectivity index (χ0v) is 17.0. The van der Waals surface area contributed by atoms with Crippen molar-refractivity contribution < 1.29 is 14.0 Å². The number of aryl methyl sites for hydroxylation is 2. The first-order valence-corrected chi connectivity index (χ1v) is 9.90. The summed E-state index contributed by atoms with van der Waals surface area (Å²) in [7, 11) is 0. The van der Waals surface area contributed by atoms with E-state index in [2.05, 4.69) is 20.5 Å². The van der Waals surface area contributed by atoms with Crippen molar-refractivity contribution in [2.45, 2.75) is 26.3 Å². The molecule has 9 heteroatoms. The quantitative estimate of drug-likeness (QED) is 0.663. The van der Waals surface area contributed by atoms with Crippen LogP contribution in [0.2, 0.25) is 0 Å². The minimum atomic E-state index is -0.144. The summed E-state index contributed by atoms with van der Waals surface area (Å²) in [6.45, 7) is 5.22. The number of rotatable bonds is 6. The average molecular weight is 408 g/mol. The van der Waals surface area contributed by atoms with Crippen LogP contribution in [0.25, 0.3) is 0 Å². The number of carbonyl (C=O) groups excluding carboxylic acids is 2. The SMILES string of the molecule is Cc1nnc([C@H]2CN(C(=O)Cn3ccnc3C)C[C@@H]2CNC(=O)c2ccccc2)o1. The number of aromatic nitrogens is 4. The molecule has 0 spiro atoms. The third-order valence-electron chi connectivity index (χ3n) is 5.44. The third-order valence-corrected chi connectivity index (χ3v) is 5.44. The van der Waals surface area contributed by atoms with Crippen LogP contribution in [0.5, 0.6) is 0 Å². The summed E-state index contributed by atoms with van der Waals surface area (Å²) < 4.78 is 7.47. The first kappa shape index (κ1) is 19.8. The number of amides is 2. The van der Waals surface area contributed by atoms with Gasteiger partial charge in [0, 0.05) is 50.4 Å². The van der Waals surface area contributed by atoms with Gasteiger partial charge >= 0.3 is 0 Å². The number of nitrogens with zero attached hydrogens (tertiary/aromatic N) is 5. The molecule has 2 atom stereocenters. The Morgan fingerprint density at radius 3 is 2.63 bits per heavy atom. The van der Waals surface area contributed by atoms with Crippen LogP contribution in [0.1, 0.15) is 33.9 Å². The molecule has 1 saturated heterocycles. The van der Waals surface area contributed by atoms with Crippen LogP contribution in [-0.4, -0.2) is 56.1 Å². The molecule has 2 amide bonds. The van der Waals surface area contributed by atoms with E-state index in [4.69, 9.17) is 4.42 Å². The lowest BCUT2D eigenvalue weighted by Gasteiger charge is -2.17. The maximum Gasteiger partial charge on any atom is 0.251 e. The summed E-state index contributed by atoms with van der Waals surface area (Å²) in [6.07, 6.45) is 3.47. The zero-order valence-electron chi connectivity index (χ0n) is 17.0. The molecule has 3 aromatic rings. The lowest BCUT2D eigenvalue weighted by atomic mass is 9.96. The molecule has 156 valence electrons. The number of nitrogens with one attached hydrogen (secondary N) is 1. The van der Waals surface area contributed by atoms with Gasteiger partial charge in [-0.15, -0.1) is 10.2 Å². The highest BCUT2D eigenvalue weighted by Gasteiger charge is 2.39. The van der Waals surface area contributed by atoms with Crippen molar-refractivity contribution in [1.82, 2.24) is 30.0 Å². The highest BCUT2D eigenvalue weighted by Crippen LogP contribution is 2.32. The van der Waals surface area contributed by atoms with Gasteiger partial charge in [-0.2, -0.15) is 0 Å². The van der Waals surface area contributed by atoms with E-state index < -0.39 is 0 Å². The molecule has 4 rings (SSSR count). The fourth-order valence-corrected chi connectivity index (χ4v) is 3.76. The van der Waals surface area contributed by atoms with Gasteiger partial charge in [0.05, 0.1) is 5.92 Å². The molecule has 1 fully saturated rings. The van der Waals surface area contributed by atoms with Crippen molar-refractivity contribution in [3.8, 4) is 0 Å². The summed E-state index contributed by atoms with van der Waals surface area (Å²) in [5.41, 5.74) is 0.601. The molecule has 1 aliphatic rings. The predicted molar refractivity (Wildman–Crippen MR) is 108 cm³/mol. The van der Waals surface area contributed by atoms with E-state index in [0.717, 1.165) is 5.82 Å². The van der Waals surface area contributed by atoms with E-state index in [1.54, 1.807) is 36.4 Å². The number of hydrogen-bond acceptors (Lipinski definition) is 6. The number of carbonyl (C=O) groups is 2. The molecule has 0 aliphatic carbocycles. The van der Waals surface area contributed by atoms with Crippen LogP contribution in [0.4, 0.5) is 0 Å². The van der Waals surface area contributed by atoms with E-state index in [0.29, 0.717) is 37.0 Å². The summed E-state index contributed by atoms with van der Waals surface area (Å²) >= 11 is 0. The molecule has 0 radical (unpaired) electrons. The van der Waals surface area contributed by atoms with Gasteiger partial charge in [0.15, 0.2) is 0 Å². The van der Waals surface area contributed by atoms with Crippen molar-refractivity contribution in [3.05, 3.63) is 65.9 Å². The highest BCUT2D eigenvalue weighted by molar-refractivity contribution is 5.94. The van der Waals surface area contributed by atoms with Crippen molar-refractivity contribution in [1.29, 1.82) is 0 Å². The molecule has 30 heavy (non-hydrogen) atoms. The number of imidazole rings is 1. The van der Waals surface area contributed by atoms with E-state index in [9.17, 15) is 9.59 Å². The van der Waals surface area contributed by atoms with Crippen molar-refractivity contribution >= 4 is 11.8 Å². The second-order valence-electron chi connectivity index (χ2n) is 7.50. The molecule has 1 aliphatic heterocycles. The Labute approximate surface area is 174 Å². The molecular weight excluding hydrogens is 384 g/mol. The molecule has 0 saturated carbocycles. The molecule has 0 unspecified atom stereocenters. The van der Waals surface area contributed by atoms with E-state index >= 15 is 0 Å². The van der Waals surface area contributed by atoms with E-state index in [1.807, 2.05) is 29.7 Å². The predicted octanol–water partition coefficient (Wildman–Crippen LogP) is 1.56. The fraction of sp³-hybridized carbons (Fsp3) is 0.381. The topological polar surface area (TPSA) is 106 Å². The molecule has 3 heterocycles. The summed E-state index contributed by atoms with van der Waals surface area (Å²) in [5, 5.41) is 11.1. The smallest absolute Gasteiger partial charge is 0.251 e. The number of benzene rings is 1. The van der Waals surface area contributed by atoms with Gasteiger partial charge in [-0.05, 0) is 19.1 Å². The molecule has 9 nitrogen and oxygen atoms in total. The van der Waals surface area contributed by atoms with Gasteiger partial charge in [-0.1, -0.05) is 18.2 Å². The minimum Gasteiger partial charge on any atom is -0.425 e. The van der Waals surface area contributed by atoms with E-state index in [-0.39, 0.29) is 30.2 Å². The third kappa shape index (κ3) is 4.24. The standard InChI is InChI=1S/C21H24N6O3/c1-14-22-8-9-26(14)13-19(28)27-11-17(18(12-27)21-25-24-15(2)30-21)10-23-20(29)16-6-4-3-5-7-16/h3-9,17-18H,10-13H2,1-2H3,(H,23,29)/t17-,18-/m0/s1.